The van der Waals surface area contributed by atoms with E-state index in [4.69, 9.17) is 27.5 Å². The lowest BCUT2D eigenvalue weighted by Crippen LogP contribution is -2.60. The summed E-state index contributed by atoms with van der Waals surface area (Å²) >= 11 is 0. The van der Waals surface area contributed by atoms with Crippen LogP contribution in [-0.4, -0.2) is 67.9 Å². The van der Waals surface area contributed by atoms with Crippen molar-refractivity contribution in [3.63, 3.8) is 0 Å². The highest BCUT2D eigenvalue weighted by Gasteiger charge is 2.50. The molecular weight excluding hydrogens is 541 g/mol. The summed E-state index contributed by atoms with van der Waals surface area (Å²) in [7, 11) is -6.16. The molecule has 2 aliphatic rings. The molecule has 2 rings (SSSR count). The average molecular weight is 603 g/mol. The standard InChI is InChI=1S/C30H62O6Si3/c1-21-26(23(18-19-31-21)34-37(12,13)28(3,4)5)33-25-20-24(35-38(14,15)29(6,7)8)27(22(2)32-25)36-39(16,17)30(9,10)11/h18-19,21-27H,20H2,1-17H3/t21-,22-,23+,24+,25+,26-,27-/m1/s1. The average Bonchev–Trinajstić information content (AvgIpc) is 2.70. The first-order valence-electron chi connectivity index (χ1n) is 15.0. The highest BCUT2D eigenvalue weighted by atomic mass is 28.4. The highest BCUT2D eigenvalue weighted by Crippen LogP contribution is 2.44. The predicted molar refractivity (Wildman–Crippen MR) is 170 cm³/mol. The number of hydrogen-bond acceptors (Lipinski definition) is 6. The Bertz CT molecular complexity index is 837. The van der Waals surface area contributed by atoms with E-state index in [0.717, 1.165) is 0 Å². The maximum Gasteiger partial charge on any atom is 0.193 e. The van der Waals surface area contributed by atoms with E-state index in [9.17, 15) is 0 Å². The maximum atomic E-state index is 7.09. The van der Waals surface area contributed by atoms with E-state index in [1.807, 2.05) is 6.08 Å². The van der Waals surface area contributed by atoms with E-state index in [0.29, 0.717) is 6.42 Å². The highest BCUT2D eigenvalue weighted by molar-refractivity contribution is 6.75. The molecule has 2 aliphatic heterocycles. The summed E-state index contributed by atoms with van der Waals surface area (Å²) < 4.78 is 40.1. The fourth-order valence-electron chi connectivity index (χ4n) is 4.13. The summed E-state index contributed by atoms with van der Waals surface area (Å²) in [6, 6.07) is 0. The lowest BCUT2D eigenvalue weighted by Gasteiger charge is -2.50. The SMILES string of the molecule is C[C@H]1OC=C[C@H](O[Si](C)(C)C(C)(C)C)[C@@H]1O[C@H]1C[C@H](O[Si](C)(C)C(C)(C)C)[C@H](O[Si](C)(C)C(C)(C)C)[C@@H](C)O1. The van der Waals surface area contributed by atoms with Crippen LogP contribution in [0.4, 0.5) is 0 Å². The first kappa shape index (κ1) is 35.2. The topological polar surface area (TPSA) is 55.4 Å². The van der Waals surface area contributed by atoms with Gasteiger partial charge in [-0.05, 0) is 74.3 Å². The minimum absolute atomic E-state index is 0.0883. The van der Waals surface area contributed by atoms with Gasteiger partial charge in [0.05, 0.1) is 30.7 Å². The van der Waals surface area contributed by atoms with Crippen LogP contribution in [0.3, 0.4) is 0 Å². The molecule has 0 radical (unpaired) electrons. The Morgan fingerprint density at radius 2 is 1.10 bits per heavy atom. The third-order valence-corrected chi connectivity index (χ3v) is 23.5. The smallest absolute Gasteiger partial charge is 0.193 e. The lowest BCUT2D eigenvalue weighted by atomic mass is 10.0. The van der Waals surface area contributed by atoms with Gasteiger partial charge in [0.2, 0.25) is 0 Å². The summed E-state index contributed by atoms with van der Waals surface area (Å²) in [5.41, 5.74) is 0. The van der Waals surface area contributed by atoms with E-state index in [1.165, 1.54) is 0 Å². The molecule has 0 aliphatic carbocycles. The van der Waals surface area contributed by atoms with Crippen LogP contribution in [0, 0.1) is 0 Å². The van der Waals surface area contributed by atoms with Crippen LogP contribution < -0.4 is 0 Å². The van der Waals surface area contributed by atoms with Crippen molar-refractivity contribution >= 4 is 25.0 Å². The summed E-state index contributed by atoms with van der Waals surface area (Å²) in [6.07, 6.45) is 2.94. The molecule has 6 nitrogen and oxygen atoms in total. The van der Waals surface area contributed by atoms with Crippen molar-refractivity contribution < 1.29 is 27.5 Å². The minimum Gasteiger partial charge on any atom is -0.496 e. The van der Waals surface area contributed by atoms with E-state index in [1.54, 1.807) is 6.26 Å². The van der Waals surface area contributed by atoms with Crippen LogP contribution in [0.25, 0.3) is 0 Å². The summed E-state index contributed by atoms with van der Waals surface area (Å²) in [5, 5.41) is 0.279. The zero-order valence-electron chi connectivity index (χ0n) is 28.4. The van der Waals surface area contributed by atoms with Gasteiger partial charge in [-0.1, -0.05) is 62.3 Å². The molecule has 2 heterocycles. The molecule has 1 fully saturated rings. The first-order chi connectivity index (χ1) is 17.3. The molecule has 1 saturated heterocycles. The zero-order valence-corrected chi connectivity index (χ0v) is 31.4. The summed E-state index contributed by atoms with van der Waals surface area (Å²) in [4.78, 5) is 0. The molecule has 0 bridgehead atoms. The zero-order chi connectivity index (χ0) is 30.4. The number of ether oxygens (including phenoxy) is 3. The molecule has 0 N–H and O–H groups in total. The molecule has 0 spiro atoms. The van der Waals surface area contributed by atoms with Crippen LogP contribution in [0.5, 0.6) is 0 Å². The van der Waals surface area contributed by atoms with Crippen molar-refractivity contribution in [2.24, 2.45) is 0 Å². The van der Waals surface area contributed by atoms with Crippen molar-refractivity contribution in [1.82, 2.24) is 0 Å². The van der Waals surface area contributed by atoms with Crippen molar-refractivity contribution in [1.29, 1.82) is 0 Å². The molecule has 0 unspecified atom stereocenters. The summed E-state index contributed by atoms with van der Waals surface area (Å²) in [5.74, 6) is 0. The molecule has 0 aromatic rings. The molecule has 0 aromatic heterocycles. The van der Waals surface area contributed by atoms with Crippen molar-refractivity contribution in [3.05, 3.63) is 12.3 Å². The largest absolute Gasteiger partial charge is 0.496 e. The van der Waals surface area contributed by atoms with Gasteiger partial charge >= 0.3 is 0 Å². The first-order valence-corrected chi connectivity index (χ1v) is 23.7. The summed E-state index contributed by atoms with van der Waals surface area (Å²) in [6.45, 7) is 38.5. The van der Waals surface area contributed by atoms with Gasteiger partial charge in [0.15, 0.2) is 31.2 Å². The number of rotatable bonds is 8. The molecule has 0 aromatic carbocycles. The second-order valence-electron chi connectivity index (χ2n) is 16.4. The van der Waals surface area contributed by atoms with Gasteiger partial charge in [0.1, 0.15) is 12.2 Å². The van der Waals surface area contributed by atoms with E-state index in [-0.39, 0.29) is 51.7 Å². The Morgan fingerprint density at radius 1 is 0.641 bits per heavy atom. The molecule has 230 valence electrons. The van der Waals surface area contributed by atoms with Gasteiger partial charge in [-0.25, -0.2) is 0 Å². The minimum atomic E-state index is -2.08. The van der Waals surface area contributed by atoms with Crippen molar-refractivity contribution in [2.45, 2.75) is 180 Å². The van der Waals surface area contributed by atoms with Gasteiger partial charge in [-0.2, -0.15) is 0 Å². The second-order valence-corrected chi connectivity index (χ2v) is 30.6. The van der Waals surface area contributed by atoms with Crippen LogP contribution in [-0.2, 0) is 27.5 Å². The van der Waals surface area contributed by atoms with Crippen LogP contribution in [0.2, 0.25) is 54.4 Å². The van der Waals surface area contributed by atoms with Crippen molar-refractivity contribution in [3.8, 4) is 0 Å². The Morgan fingerprint density at radius 3 is 1.59 bits per heavy atom. The van der Waals surface area contributed by atoms with Gasteiger partial charge in [-0.15, -0.1) is 0 Å². The predicted octanol–water partition coefficient (Wildman–Crippen LogP) is 8.61. The molecule has 9 heteroatoms. The Labute approximate surface area is 244 Å². The Balaban J connectivity index is 2.34. The lowest BCUT2D eigenvalue weighted by molar-refractivity contribution is -0.272. The quantitative estimate of drug-likeness (QED) is 0.259. The second kappa shape index (κ2) is 11.9. The molecule has 39 heavy (non-hydrogen) atoms. The van der Waals surface area contributed by atoms with Gasteiger partial charge in [0, 0.05) is 6.42 Å². The van der Waals surface area contributed by atoms with Crippen molar-refractivity contribution in [2.75, 3.05) is 0 Å². The third-order valence-electron chi connectivity index (χ3n) is 10.0. The molecule has 7 atom stereocenters. The van der Waals surface area contributed by atoms with Crippen LogP contribution >= 0.6 is 0 Å². The van der Waals surface area contributed by atoms with Gasteiger partial charge in [0.25, 0.3) is 0 Å². The van der Waals surface area contributed by atoms with Crippen LogP contribution in [0.1, 0.15) is 82.6 Å². The molecule has 0 saturated carbocycles. The Kier molecular flexibility index (Phi) is 10.8. The maximum absolute atomic E-state index is 7.09. The van der Waals surface area contributed by atoms with E-state index < -0.39 is 31.2 Å². The van der Waals surface area contributed by atoms with E-state index >= 15 is 0 Å². The monoisotopic (exact) mass is 602 g/mol. The fraction of sp³-hybridized carbons (Fsp3) is 0.933. The normalized spacial score (nSPS) is 31.8. The fourth-order valence-corrected chi connectivity index (χ4v) is 8.10. The number of hydrogen-bond donors (Lipinski definition) is 0. The van der Waals surface area contributed by atoms with Gasteiger partial charge in [-0.3, -0.25) is 0 Å². The molecular formula is C30H62O6Si3. The Hall–Kier alpha value is -0.00935. The van der Waals surface area contributed by atoms with Gasteiger partial charge < -0.3 is 27.5 Å². The molecule has 0 amide bonds. The van der Waals surface area contributed by atoms with E-state index in [2.05, 4.69) is 115 Å². The third kappa shape index (κ3) is 8.52. The van der Waals surface area contributed by atoms with Crippen LogP contribution in [0.15, 0.2) is 12.3 Å².